The van der Waals surface area contributed by atoms with Crippen molar-refractivity contribution in [3.05, 3.63) is 23.7 Å². The molecule has 0 atom stereocenters. The van der Waals surface area contributed by atoms with Gasteiger partial charge in [-0.15, -0.1) is 0 Å². The van der Waals surface area contributed by atoms with Gasteiger partial charge in [-0.3, -0.25) is 4.79 Å². The fraction of sp³-hybridized carbons (Fsp3) is 0.444. The van der Waals surface area contributed by atoms with Gasteiger partial charge in [0, 0.05) is 0 Å². The Hall–Kier alpha value is -1.51. The summed E-state index contributed by atoms with van der Waals surface area (Å²) >= 11 is 0. The normalized spacial score (nSPS) is 13.1. The smallest absolute Gasteiger partial charge is 0.423 e. The second kappa shape index (κ2) is 5.01. The third-order valence-electron chi connectivity index (χ3n) is 1.79. The summed E-state index contributed by atoms with van der Waals surface area (Å²) < 4.78 is 80.7. The summed E-state index contributed by atoms with van der Waals surface area (Å²) in [5, 5.41) is 0. The molecule has 3 nitrogen and oxygen atoms in total. The van der Waals surface area contributed by atoms with E-state index in [2.05, 4.69) is 9.15 Å². The van der Waals surface area contributed by atoms with E-state index in [1.165, 1.54) is 0 Å². The summed E-state index contributed by atoms with van der Waals surface area (Å²) in [6.07, 6.45) is -14.8. The molecule has 0 amide bonds. The molecule has 1 aromatic rings. The number of carbonyl (C=O) groups is 1. The average Bonchev–Trinajstić information content (AvgIpc) is 2.61. The molecule has 0 aromatic carbocycles. The van der Waals surface area contributed by atoms with Gasteiger partial charge in [0.15, 0.2) is 12.0 Å². The molecule has 18 heavy (non-hydrogen) atoms. The van der Waals surface area contributed by atoms with Gasteiger partial charge in [-0.2, -0.15) is 26.3 Å². The molecule has 1 heterocycles. The second-order valence-electron chi connectivity index (χ2n) is 3.20. The second-order valence-corrected chi connectivity index (χ2v) is 3.20. The van der Waals surface area contributed by atoms with Crippen LogP contribution >= 0.6 is 0 Å². The Labute approximate surface area is 96.3 Å². The Bertz CT molecular complexity index is 391. The first-order valence-corrected chi connectivity index (χ1v) is 4.43. The van der Waals surface area contributed by atoms with Crippen LogP contribution in [0.3, 0.4) is 0 Å². The number of carbonyl (C=O) groups excluding carboxylic acids is 1. The molecule has 0 aliphatic rings. The quantitative estimate of drug-likeness (QED) is 0.626. The van der Waals surface area contributed by atoms with Crippen molar-refractivity contribution < 1.29 is 40.3 Å². The van der Waals surface area contributed by atoms with Gasteiger partial charge in [-0.05, 0) is 12.1 Å². The Morgan fingerprint density at radius 1 is 1.17 bits per heavy atom. The maximum atomic E-state index is 12.1. The first kappa shape index (κ1) is 14.6. The van der Waals surface area contributed by atoms with Crippen molar-refractivity contribution in [2.75, 3.05) is 0 Å². The van der Waals surface area contributed by atoms with Gasteiger partial charge in [-0.25, -0.2) is 0 Å². The van der Waals surface area contributed by atoms with E-state index in [1.807, 2.05) is 0 Å². The average molecular weight is 276 g/mol. The zero-order chi connectivity index (χ0) is 14.0. The molecule has 9 heteroatoms. The van der Waals surface area contributed by atoms with Gasteiger partial charge in [0.05, 0.1) is 0 Å². The highest BCUT2D eigenvalue weighted by Gasteiger charge is 2.58. The van der Waals surface area contributed by atoms with Crippen LogP contribution in [0.15, 0.2) is 16.5 Å². The topological polar surface area (TPSA) is 39.4 Å². The Morgan fingerprint density at radius 3 is 2.11 bits per heavy atom. The highest BCUT2D eigenvalue weighted by Crippen LogP contribution is 2.36. The minimum absolute atomic E-state index is 0.218. The van der Waals surface area contributed by atoms with E-state index in [-0.39, 0.29) is 17.8 Å². The lowest BCUT2D eigenvalue weighted by Crippen LogP contribution is -2.44. The fourth-order valence-electron chi connectivity index (χ4n) is 1.08. The van der Waals surface area contributed by atoms with Crippen molar-refractivity contribution in [3.8, 4) is 0 Å². The summed E-state index contributed by atoms with van der Waals surface area (Å²) in [6, 6.07) is 2.15. The summed E-state index contributed by atoms with van der Waals surface area (Å²) in [5.41, 5.74) is 0. The number of rotatable bonds is 4. The van der Waals surface area contributed by atoms with Gasteiger partial charge in [0.2, 0.25) is 6.10 Å². The SMILES string of the molecule is O=Cc1ccc(COC(C(F)(F)F)C(F)(F)F)o1. The maximum absolute atomic E-state index is 12.1. The van der Waals surface area contributed by atoms with Crippen molar-refractivity contribution in [1.29, 1.82) is 0 Å². The van der Waals surface area contributed by atoms with Crippen LogP contribution in [-0.2, 0) is 11.3 Å². The molecule has 1 aromatic heterocycles. The fourth-order valence-corrected chi connectivity index (χ4v) is 1.08. The number of hydrogen-bond donors (Lipinski definition) is 0. The maximum Gasteiger partial charge on any atom is 0.423 e. The lowest BCUT2D eigenvalue weighted by atomic mass is 10.3. The Kier molecular flexibility index (Phi) is 4.05. The van der Waals surface area contributed by atoms with Crippen molar-refractivity contribution >= 4 is 6.29 Å². The van der Waals surface area contributed by atoms with Gasteiger partial charge in [0.1, 0.15) is 12.4 Å². The van der Waals surface area contributed by atoms with Crippen molar-refractivity contribution in [3.63, 3.8) is 0 Å². The Morgan fingerprint density at radius 2 is 1.72 bits per heavy atom. The number of alkyl halides is 6. The molecule has 0 radical (unpaired) electrons. The zero-order valence-electron chi connectivity index (χ0n) is 8.51. The summed E-state index contributed by atoms with van der Waals surface area (Å²) in [6.45, 7) is -1.04. The number of ether oxygens (including phenoxy) is 1. The highest BCUT2D eigenvalue weighted by atomic mass is 19.4. The molecule has 0 saturated carbocycles. The molecule has 0 bridgehead atoms. The van der Waals surface area contributed by atoms with Crippen LogP contribution in [0, 0.1) is 0 Å². The van der Waals surface area contributed by atoms with Gasteiger partial charge in [-0.1, -0.05) is 0 Å². The Balaban J connectivity index is 2.71. The van der Waals surface area contributed by atoms with E-state index in [0.717, 1.165) is 12.1 Å². The molecular formula is C9H6F6O3. The van der Waals surface area contributed by atoms with Crippen LogP contribution in [-0.4, -0.2) is 24.7 Å². The number of aldehydes is 1. The molecule has 0 spiro atoms. The van der Waals surface area contributed by atoms with E-state index in [9.17, 15) is 31.1 Å². The number of furan rings is 1. The van der Waals surface area contributed by atoms with Crippen LogP contribution in [0.25, 0.3) is 0 Å². The van der Waals surface area contributed by atoms with E-state index in [0.29, 0.717) is 0 Å². The molecule has 0 saturated heterocycles. The molecule has 0 aliphatic heterocycles. The number of halogens is 6. The molecule has 1 rings (SSSR count). The first-order chi connectivity index (χ1) is 8.14. The third-order valence-corrected chi connectivity index (χ3v) is 1.79. The molecule has 0 fully saturated rings. The van der Waals surface area contributed by atoms with Crippen LogP contribution in [0.4, 0.5) is 26.3 Å². The lowest BCUT2D eigenvalue weighted by Gasteiger charge is -2.22. The van der Waals surface area contributed by atoms with Crippen LogP contribution in [0.1, 0.15) is 16.3 Å². The predicted octanol–water partition coefficient (Wildman–Crippen LogP) is 3.10. The van der Waals surface area contributed by atoms with Crippen LogP contribution in [0.2, 0.25) is 0 Å². The van der Waals surface area contributed by atoms with E-state index in [4.69, 9.17) is 0 Å². The highest BCUT2D eigenvalue weighted by molar-refractivity contribution is 5.70. The summed E-state index contributed by atoms with van der Waals surface area (Å²) in [4.78, 5) is 10.2. The lowest BCUT2D eigenvalue weighted by molar-refractivity contribution is -0.325. The van der Waals surface area contributed by atoms with Crippen LogP contribution in [0.5, 0.6) is 0 Å². The number of hydrogen-bond acceptors (Lipinski definition) is 3. The van der Waals surface area contributed by atoms with E-state index in [1.54, 1.807) is 0 Å². The van der Waals surface area contributed by atoms with Gasteiger partial charge in [0.25, 0.3) is 0 Å². The first-order valence-electron chi connectivity index (χ1n) is 4.43. The zero-order valence-corrected chi connectivity index (χ0v) is 8.51. The van der Waals surface area contributed by atoms with E-state index >= 15 is 0 Å². The molecule has 0 aliphatic carbocycles. The van der Waals surface area contributed by atoms with E-state index < -0.39 is 25.1 Å². The predicted molar refractivity (Wildman–Crippen MR) is 44.8 cm³/mol. The minimum Gasteiger partial charge on any atom is -0.456 e. The largest absolute Gasteiger partial charge is 0.456 e. The van der Waals surface area contributed by atoms with Crippen molar-refractivity contribution in [2.24, 2.45) is 0 Å². The van der Waals surface area contributed by atoms with Gasteiger partial charge >= 0.3 is 12.4 Å². The molecule has 0 unspecified atom stereocenters. The van der Waals surface area contributed by atoms with Crippen LogP contribution < -0.4 is 0 Å². The third kappa shape index (κ3) is 3.76. The molecule has 102 valence electrons. The summed E-state index contributed by atoms with van der Waals surface area (Å²) in [5.74, 6) is -0.528. The minimum atomic E-state index is -5.57. The van der Waals surface area contributed by atoms with Crippen molar-refractivity contribution in [1.82, 2.24) is 0 Å². The van der Waals surface area contributed by atoms with Gasteiger partial charge < -0.3 is 9.15 Å². The molecular weight excluding hydrogens is 270 g/mol. The monoisotopic (exact) mass is 276 g/mol. The van der Waals surface area contributed by atoms with Crippen molar-refractivity contribution in [2.45, 2.75) is 25.1 Å². The standard InChI is InChI=1S/C9H6F6O3/c10-8(11,12)7(9(13,14)15)17-4-6-2-1-5(3-16)18-6/h1-3,7H,4H2. The molecule has 0 N–H and O–H groups in total. The summed E-state index contributed by atoms with van der Waals surface area (Å²) in [7, 11) is 0.